The second-order valence-electron chi connectivity index (χ2n) is 6.11. The molecule has 8 heteroatoms. The van der Waals surface area contributed by atoms with Crippen molar-refractivity contribution in [2.24, 2.45) is 5.92 Å². The molecule has 2 aliphatic heterocycles. The molecule has 0 aliphatic carbocycles. The molecular formula is C15H20N2O5S. The van der Waals surface area contributed by atoms with E-state index in [0.29, 0.717) is 19.4 Å². The molecule has 0 aromatic carbocycles. The smallest absolute Gasteiger partial charge is 0.289 e. The van der Waals surface area contributed by atoms with Gasteiger partial charge >= 0.3 is 0 Å². The zero-order valence-corrected chi connectivity index (χ0v) is 14.0. The average Bonchev–Trinajstić information content (AvgIpc) is 3.16. The van der Waals surface area contributed by atoms with Gasteiger partial charge in [-0.1, -0.05) is 13.3 Å². The first-order valence-corrected chi connectivity index (χ1v) is 9.58. The van der Waals surface area contributed by atoms with Gasteiger partial charge < -0.3 is 9.32 Å². The lowest BCUT2D eigenvalue weighted by molar-refractivity contribution is -0.128. The minimum Gasteiger partial charge on any atom is -0.459 e. The van der Waals surface area contributed by atoms with Gasteiger partial charge in [0.2, 0.25) is 15.9 Å². The van der Waals surface area contributed by atoms with Crippen LogP contribution in [-0.2, 0) is 14.8 Å². The summed E-state index contributed by atoms with van der Waals surface area (Å²) in [6.07, 6.45) is 4.25. The van der Waals surface area contributed by atoms with Crippen molar-refractivity contribution in [2.45, 2.75) is 38.3 Å². The first kappa shape index (κ1) is 16.0. The van der Waals surface area contributed by atoms with Crippen LogP contribution in [0.5, 0.6) is 0 Å². The Labute approximate surface area is 135 Å². The minimum atomic E-state index is -3.64. The van der Waals surface area contributed by atoms with Crippen LogP contribution < -0.4 is 0 Å². The van der Waals surface area contributed by atoms with E-state index in [1.54, 1.807) is 17.0 Å². The predicted molar refractivity (Wildman–Crippen MR) is 82.0 cm³/mol. The van der Waals surface area contributed by atoms with Crippen molar-refractivity contribution in [3.05, 3.63) is 24.2 Å². The van der Waals surface area contributed by atoms with Gasteiger partial charge in [0, 0.05) is 6.54 Å². The maximum absolute atomic E-state index is 12.6. The summed E-state index contributed by atoms with van der Waals surface area (Å²) in [5, 5.41) is 0. The number of fused-ring (bicyclic) bond motifs is 1. The molecule has 23 heavy (non-hydrogen) atoms. The number of hydrogen-bond donors (Lipinski definition) is 0. The van der Waals surface area contributed by atoms with Gasteiger partial charge in [0.1, 0.15) is 0 Å². The Bertz CT molecular complexity index is 712. The molecule has 0 radical (unpaired) electrons. The Balaban J connectivity index is 1.96. The van der Waals surface area contributed by atoms with Crippen LogP contribution in [0.25, 0.3) is 0 Å². The Morgan fingerprint density at radius 2 is 2.17 bits per heavy atom. The highest BCUT2D eigenvalue weighted by atomic mass is 32.2. The monoisotopic (exact) mass is 340 g/mol. The van der Waals surface area contributed by atoms with Gasteiger partial charge in [0.05, 0.1) is 30.5 Å². The number of nitrogens with zero attached hydrogens (tertiary/aromatic N) is 2. The van der Waals surface area contributed by atoms with E-state index in [2.05, 4.69) is 0 Å². The Morgan fingerprint density at radius 1 is 1.43 bits per heavy atom. The van der Waals surface area contributed by atoms with Crippen molar-refractivity contribution in [3.8, 4) is 0 Å². The molecule has 3 rings (SSSR count). The third-order valence-corrected chi connectivity index (χ3v) is 5.78. The van der Waals surface area contributed by atoms with E-state index < -0.39 is 28.0 Å². The molecule has 3 heterocycles. The van der Waals surface area contributed by atoms with Gasteiger partial charge in [-0.15, -0.1) is 0 Å². The predicted octanol–water partition coefficient (Wildman–Crippen LogP) is 1.08. The van der Waals surface area contributed by atoms with E-state index in [-0.39, 0.29) is 17.6 Å². The number of carbonyl (C=O) groups is 2. The van der Waals surface area contributed by atoms with Gasteiger partial charge in [0.15, 0.2) is 5.76 Å². The van der Waals surface area contributed by atoms with Crippen molar-refractivity contribution in [2.75, 3.05) is 12.8 Å². The van der Waals surface area contributed by atoms with Crippen LogP contribution in [-0.4, -0.2) is 54.3 Å². The molecule has 1 aromatic heterocycles. The molecule has 0 bridgehead atoms. The molecule has 0 saturated carbocycles. The van der Waals surface area contributed by atoms with E-state index in [0.717, 1.165) is 17.0 Å². The fourth-order valence-electron chi connectivity index (χ4n) is 3.81. The summed E-state index contributed by atoms with van der Waals surface area (Å²) < 4.78 is 30.2. The third kappa shape index (κ3) is 2.54. The van der Waals surface area contributed by atoms with Crippen molar-refractivity contribution in [3.63, 3.8) is 0 Å². The van der Waals surface area contributed by atoms with E-state index in [4.69, 9.17) is 4.42 Å². The van der Waals surface area contributed by atoms with E-state index >= 15 is 0 Å². The van der Waals surface area contributed by atoms with E-state index in [9.17, 15) is 18.0 Å². The number of sulfonamides is 1. The van der Waals surface area contributed by atoms with Crippen LogP contribution in [0.1, 0.15) is 36.7 Å². The van der Waals surface area contributed by atoms with Gasteiger partial charge in [0.25, 0.3) is 5.91 Å². The zero-order chi connectivity index (χ0) is 16.8. The highest BCUT2D eigenvalue weighted by molar-refractivity contribution is 7.88. The highest BCUT2D eigenvalue weighted by Crippen LogP contribution is 2.40. The van der Waals surface area contributed by atoms with Gasteiger partial charge in [-0.25, -0.2) is 12.7 Å². The number of furan rings is 1. The number of hydrogen-bond acceptors (Lipinski definition) is 5. The molecule has 1 aromatic rings. The quantitative estimate of drug-likeness (QED) is 0.818. The molecule has 2 amide bonds. The highest BCUT2D eigenvalue weighted by Gasteiger charge is 2.57. The molecule has 7 nitrogen and oxygen atoms in total. The maximum atomic E-state index is 12.6. The molecule has 0 unspecified atom stereocenters. The molecule has 126 valence electrons. The lowest BCUT2D eigenvalue weighted by atomic mass is 9.94. The first-order valence-electron chi connectivity index (χ1n) is 7.74. The van der Waals surface area contributed by atoms with Crippen LogP contribution in [0.2, 0.25) is 0 Å². The van der Waals surface area contributed by atoms with Crippen LogP contribution in [0.3, 0.4) is 0 Å². The molecule has 2 saturated heterocycles. The van der Waals surface area contributed by atoms with Crippen LogP contribution in [0.15, 0.2) is 22.8 Å². The standard InChI is InChI=1S/C15H20N2O5S/c1-3-5-10-13-11(17(14(10)18)23(2,20)21)7-8-16(13)15(19)12-6-4-9-22-12/h4,6,9-11,13H,3,5,7-8H2,1-2H3/t10-,11+,13-/m1/s1. The molecular weight excluding hydrogens is 320 g/mol. The summed E-state index contributed by atoms with van der Waals surface area (Å²) in [6, 6.07) is 2.34. The van der Waals surface area contributed by atoms with Gasteiger partial charge in [-0.2, -0.15) is 0 Å². The van der Waals surface area contributed by atoms with Crippen molar-refractivity contribution < 1.29 is 22.4 Å². The average molecular weight is 340 g/mol. The molecule has 0 spiro atoms. The Kier molecular flexibility index (Phi) is 3.95. The molecule has 3 atom stereocenters. The van der Waals surface area contributed by atoms with Crippen molar-refractivity contribution in [1.29, 1.82) is 0 Å². The zero-order valence-electron chi connectivity index (χ0n) is 13.1. The summed E-state index contributed by atoms with van der Waals surface area (Å²) in [5.74, 6) is -0.930. The van der Waals surface area contributed by atoms with Gasteiger partial charge in [-0.05, 0) is 25.0 Å². The number of rotatable bonds is 4. The van der Waals surface area contributed by atoms with Crippen LogP contribution in [0, 0.1) is 5.92 Å². The van der Waals surface area contributed by atoms with Crippen molar-refractivity contribution >= 4 is 21.8 Å². The molecule has 0 N–H and O–H groups in total. The summed E-state index contributed by atoms with van der Waals surface area (Å²) >= 11 is 0. The number of likely N-dealkylation sites (tertiary alicyclic amines) is 1. The Morgan fingerprint density at radius 3 is 2.74 bits per heavy atom. The topological polar surface area (TPSA) is 87.9 Å². The molecule has 2 fully saturated rings. The fourth-order valence-corrected chi connectivity index (χ4v) is 4.99. The number of amides is 2. The number of carbonyl (C=O) groups excluding carboxylic acids is 2. The van der Waals surface area contributed by atoms with E-state index in [1.165, 1.54) is 6.26 Å². The maximum Gasteiger partial charge on any atom is 0.289 e. The largest absolute Gasteiger partial charge is 0.459 e. The summed E-state index contributed by atoms with van der Waals surface area (Å²) in [7, 11) is -3.64. The SMILES string of the molecule is CCC[C@H]1C(=O)N(S(C)(=O)=O)[C@H]2CCN(C(=O)c3ccco3)[C@H]12. The van der Waals surface area contributed by atoms with Crippen molar-refractivity contribution in [1.82, 2.24) is 9.21 Å². The first-order chi connectivity index (χ1) is 10.9. The lowest BCUT2D eigenvalue weighted by Crippen LogP contribution is -2.43. The second kappa shape index (κ2) is 5.67. The summed E-state index contributed by atoms with van der Waals surface area (Å²) in [6.45, 7) is 2.37. The normalized spacial score (nSPS) is 27.6. The lowest BCUT2D eigenvalue weighted by Gasteiger charge is -2.26. The third-order valence-electron chi connectivity index (χ3n) is 4.62. The second-order valence-corrected chi connectivity index (χ2v) is 7.97. The van der Waals surface area contributed by atoms with E-state index in [1.807, 2.05) is 6.92 Å². The summed E-state index contributed by atoms with van der Waals surface area (Å²) in [4.78, 5) is 26.8. The Hall–Kier alpha value is -1.83. The molecule has 2 aliphatic rings. The fraction of sp³-hybridized carbons (Fsp3) is 0.600. The minimum absolute atomic E-state index is 0.214. The summed E-state index contributed by atoms with van der Waals surface area (Å²) in [5.41, 5.74) is 0. The van der Waals surface area contributed by atoms with Crippen LogP contribution in [0.4, 0.5) is 0 Å². The van der Waals surface area contributed by atoms with Gasteiger partial charge in [-0.3, -0.25) is 9.59 Å². The van der Waals surface area contributed by atoms with Crippen LogP contribution >= 0.6 is 0 Å².